The van der Waals surface area contributed by atoms with Gasteiger partial charge in [0.15, 0.2) is 17.5 Å². The number of pyridine rings is 1. The van der Waals surface area contributed by atoms with Gasteiger partial charge >= 0.3 is 0 Å². The molecule has 6 heteroatoms. The lowest BCUT2D eigenvalue weighted by Crippen LogP contribution is -2.23. The van der Waals surface area contributed by atoms with E-state index in [0.717, 1.165) is 12.2 Å². The van der Waals surface area contributed by atoms with Gasteiger partial charge in [0.05, 0.1) is 0 Å². The minimum absolute atomic E-state index is 0.0122. The molecule has 0 bridgehead atoms. The molecular weight excluding hydrogens is 237 g/mol. The third-order valence-electron chi connectivity index (χ3n) is 2.09. The third kappa shape index (κ3) is 3.30. The first-order valence-electron chi connectivity index (χ1n) is 4.85. The average molecular weight is 250 g/mol. The van der Waals surface area contributed by atoms with E-state index in [-0.39, 0.29) is 11.9 Å². The molecule has 1 aromatic heterocycles. The van der Waals surface area contributed by atoms with Crippen LogP contribution in [0.1, 0.15) is 13.3 Å². The Labute approximate surface area is 96.6 Å². The highest BCUT2D eigenvalue weighted by Crippen LogP contribution is 2.16. The van der Waals surface area contributed by atoms with Gasteiger partial charge in [-0.2, -0.15) is 21.1 Å². The topological polar surface area (TPSA) is 24.9 Å². The van der Waals surface area contributed by atoms with Crippen molar-refractivity contribution in [2.24, 2.45) is 0 Å². The second-order valence-corrected chi connectivity index (χ2v) is 4.21. The number of hydrogen-bond donors (Lipinski definition) is 1. The van der Waals surface area contributed by atoms with Gasteiger partial charge in [-0.15, -0.1) is 0 Å². The highest BCUT2D eigenvalue weighted by Gasteiger charge is 2.14. The van der Waals surface area contributed by atoms with Crippen molar-refractivity contribution in [1.29, 1.82) is 0 Å². The van der Waals surface area contributed by atoms with Crippen molar-refractivity contribution in [3.8, 4) is 0 Å². The summed E-state index contributed by atoms with van der Waals surface area (Å²) in [5, 5.41) is 2.75. The first-order chi connectivity index (χ1) is 7.58. The summed E-state index contributed by atoms with van der Waals surface area (Å²) in [4.78, 5) is 3.21. The summed E-state index contributed by atoms with van der Waals surface area (Å²) in [5.74, 6) is -2.93. The fourth-order valence-corrected chi connectivity index (χ4v) is 1.92. The van der Waals surface area contributed by atoms with Crippen molar-refractivity contribution in [2.75, 3.05) is 17.3 Å². The molecule has 16 heavy (non-hydrogen) atoms. The van der Waals surface area contributed by atoms with Crippen LogP contribution in [0, 0.1) is 17.6 Å². The minimum Gasteiger partial charge on any atom is -0.364 e. The van der Waals surface area contributed by atoms with Crippen molar-refractivity contribution >= 4 is 17.6 Å². The third-order valence-corrected chi connectivity index (χ3v) is 2.82. The van der Waals surface area contributed by atoms with Gasteiger partial charge in [-0.3, -0.25) is 0 Å². The van der Waals surface area contributed by atoms with Gasteiger partial charge in [0.25, 0.3) is 5.95 Å². The molecule has 1 aromatic rings. The van der Waals surface area contributed by atoms with E-state index in [1.54, 1.807) is 11.8 Å². The summed E-state index contributed by atoms with van der Waals surface area (Å²) < 4.78 is 38.6. The lowest BCUT2D eigenvalue weighted by Gasteiger charge is -2.16. The zero-order valence-corrected chi connectivity index (χ0v) is 9.87. The number of anilines is 1. The van der Waals surface area contributed by atoms with Gasteiger partial charge in [-0.1, -0.05) is 6.92 Å². The van der Waals surface area contributed by atoms with Crippen molar-refractivity contribution in [1.82, 2.24) is 4.98 Å². The molecule has 0 aliphatic carbocycles. The Morgan fingerprint density at radius 2 is 2.06 bits per heavy atom. The summed E-state index contributed by atoms with van der Waals surface area (Å²) >= 11 is 1.59. The molecule has 0 saturated carbocycles. The van der Waals surface area contributed by atoms with Crippen LogP contribution in [0.4, 0.5) is 19.0 Å². The summed E-state index contributed by atoms with van der Waals surface area (Å²) in [6.45, 7) is 1.92. The van der Waals surface area contributed by atoms with Crippen LogP contribution in [0.5, 0.6) is 0 Å². The number of nitrogens with zero attached hydrogens (tertiary/aromatic N) is 1. The lowest BCUT2D eigenvalue weighted by molar-refractivity contribution is 0.465. The number of halogens is 3. The van der Waals surface area contributed by atoms with E-state index >= 15 is 0 Å². The van der Waals surface area contributed by atoms with Crippen LogP contribution in [0.2, 0.25) is 0 Å². The van der Waals surface area contributed by atoms with Crippen molar-refractivity contribution in [2.45, 2.75) is 19.4 Å². The van der Waals surface area contributed by atoms with Crippen LogP contribution in [0.3, 0.4) is 0 Å². The SMILES string of the molecule is CCC(CSC)Nc1nc(F)c(F)cc1F. The number of aromatic nitrogens is 1. The molecule has 1 unspecified atom stereocenters. The number of hydrogen-bond acceptors (Lipinski definition) is 3. The van der Waals surface area contributed by atoms with Crippen LogP contribution < -0.4 is 5.32 Å². The van der Waals surface area contributed by atoms with E-state index in [1.807, 2.05) is 13.2 Å². The Balaban J connectivity index is 2.83. The molecular formula is C10H13F3N2S. The van der Waals surface area contributed by atoms with Gasteiger partial charge in [-0.25, -0.2) is 8.78 Å². The second kappa shape index (κ2) is 5.98. The molecule has 0 spiro atoms. The minimum atomic E-state index is -1.29. The summed E-state index contributed by atoms with van der Waals surface area (Å²) in [7, 11) is 0. The molecule has 0 amide bonds. The van der Waals surface area contributed by atoms with Gasteiger partial charge in [-0.05, 0) is 12.7 Å². The van der Waals surface area contributed by atoms with E-state index in [9.17, 15) is 13.2 Å². The Morgan fingerprint density at radius 3 is 2.62 bits per heavy atom. The van der Waals surface area contributed by atoms with E-state index in [2.05, 4.69) is 10.3 Å². The highest BCUT2D eigenvalue weighted by atomic mass is 32.2. The zero-order valence-electron chi connectivity index (χ0n) is 9.06. The van der Waals surface area contributed by atoms with Gasteiger partial charge < -0.3 is 5.32 Å². The summed E-state index contributed by atoms with van der Waals surface area (Å²) in [6.07, 6.45) is 2.67. The van der Waals surface area contributed by atoms with Gasteiger partial charge in [0, 0.05) is 17.9 Å². The van der Waals surface area contributed by atoms with Crippen LogP contribution in [-0.4, -0.2) is 23.0 Å². The maximum atomic E-state index is 13.2. The zero-order chi connectivity index (χ0) is 12.1. The molecule has 1 rings (SSSR count). The van der Waals surface area contributed by atoms with Crippen molar-refractivity contribution in [3.05, 3.63) is 23.6 Å². The first-order valence-corrected chi connectivity index (χ1v) is 6.24. The smallest absolute Gasteiger partial charge is 0.251 e. The van der Waals surface area contributed by atoms with Crippen molar-refractivity contribution in [3.63, 3.8) is 0 Å². The van der Waals surface area contributed by atoms with E-state index in [1.165, 1.54) is 0 Å². The molecule has 0 aliphatic heterocycles. The molecule has 1 heterocycles. The largest absolute Gasteiger partial charge is 0.364 e. The Hall–Kier alpha value is -0.910. The molecule has 0 aliphatic rings. The molecule has 0 radical (unpaired) electrons. The van der Waals surface area contributed by atoms with E-state index < -0.39 is 17.6 Å². The lowest BCUT2D eigenvalue weighted by atomic mass is 10.2. The van der Waals surface area contributed by atoms with Gasteiger partial charge in [0.1, 0.15) is 0 Å². The van der Waals surface area contributed by atoms with E-state index in [0.29, 0.717) is 6.07 Å². The first kappa shape index (κ1) is 13.2. The van der Waals surface area contributed by atoms with Crippen molar-refractivity contribution < 1.29 is 13.2 Å². The molecule has 0 saturated heterocycles. The van der Waals surface area contributed by atoms with Crippen LogP contribution in [0.15, 0.2) is 6.07 Å². The van der Waals surface area contributed by atoms with Crippen LogP contribution >= 0.6 is 11.8 Å². The Bertz CT molecular complexity index is 360. The van der Waals surface area contributed by atoms with Gasteiger partial charge in [0.2, 0.25) is 0 Å². The normalized spacial score (nSPS) is 12.6. The Kier molecular flexibility index (Phi) is 4.92. The molecule has 90 valence electrons. The van der Waals surface area contributed by atoms with Crippen LogP contribution in [0.25, 0.3) is 0 Å². The summed E-state index contributed by atoms with van der Waals surface area (Å²) in [5.41, 5.74) is 0. The number of thioether (sulfide) groups is 1. The standard InChI is InChI=1S/C10H13F3N2S/c1-3-6(5-16-2)14-10-8(12)4-7(11)9(13)15-10/h4,6H,3,5H2,1-2H3,(H,14,15). The monoisotopic (exact) mass is 250 g/mol. The quantitative estimate of drug-likeness (QED) is 0.813. The fourth-order valence-electron chi connectivity index (χ4n) is 1.20. The molecule has 0 fully saturated rings. The Morgan fingerprint density at radius 1 is 1.38 bits per heavy atom. The summed E-state index contributed by atoms with van der Waals surface area (Å²) in [6, 6.07) is 0.484. The number of nitrogens with one attached hydrogen (secondary N) is 1. The maximum Gasteiger partial charge on any atom is 0.251 e. The predicted molar refractivity (Wildman–Crippen MR) is 60.2 cm³/mol. The highest BCUT2D eigenvalue weighted by molar-refractivity contribution is 7.98. The molecule has 2 nitrogen and oxygen atoms in total. The fraction of sp³-hybridized carbons (Fsp3) is 0.500. The maximum absolute atomic E-state index is 13.2. The molecule has 1 N–H and O–H groups in total. The van der Waals surface area contributed by atoms with Crippen LogP contribution in [-0.2, 0) is 0 Å². The molecule has 0 aromatic carbocycles. The number of rotatable bonds is 5. The average Bonchev–Trinajstić information content (AvgIpc) is 2.25. The molecule has 1 atom stereocenters. The van der Waals surface area contributed by atoms with E-state index in [4.69, 9.17) is 0 Å². The second-order valence-electron chi connectivity index (χ2n) is 3.30. The predicted octanol–water partition coefficient (Wildman–Crippen LogP) is 3.05.